The van der Waals surface area contributed by atoms with E-state index in [1.54, 1.807) is 0 Å². The highest BCUT2D eigenvalue weighted by molar-refractivity contribution is 4.93. The molecule has 1 heterocycles. The van der Waals surface area contributed by atoms with E-state index in [4.69, 9.17) is 0 Å². The van der Waals surface area contributed by atoms with Crippen LogP contribution >= 0.6 is 0 Å². The van der Waals surface area contributed by atoms with Gasteiger partial charge in [-0.25, -0.2) is 0 Å². The Labute approximate surface area is 88.1 Å². The summed E-state index contributed by atoms with van der Waals surface area (Å²) in [7, 11) is 0. The summed E-state index contributed by atoms with van der Waals surface area (Å²) in [5, 5.41) is 3.43. The molecular formula is C12H24N2. The summed E-state index contributed by atoms with van der Waals surface area (Å²) in [6.07, 6.45) is 2.80. The second-order valence-corrected chi connectivity index (χ2v) is 5.90. The molecule has 0 radical (unpaired) electrons. The van der Waals surface area contributed by atoms with Crippen LogP contribution in [0.25, 0.3) is 0 Å². The Kier molecular flexibility index (Phi) is 2.85. The molecular weight excluding hydrogens is 172 g/mol. The fourth-order valence-corrected chi connectivity index (χ4v) is 3.36. The molecule has 14 heavy (non-hydrogen) atoms. The van der Waals surface area contributed by atoms with Crippen LogP contribution in [0.3, 0.4) is 0 Å². The van der Waals surface area contributed by atoms with E-state index in [0.29, 0.717) is 5.41 Å². The quantitative estimate of drug-likeness (QED) is 0.687. The molecule has 0 spiro atoms. The van der Waals surface area contributed by atoms with E-state index in [0.717, 1.165) is 12.0 Å². The van der Waals surface area contributed by atoms with Crippen LogP contribution in [0.15, 0.2) is 0 Å². The highest BCUT2D eigenvalue weighted by atomic mass is 15.2. The van der Waals surface area contributed by atoms with Crippen LogP contribution in [0.5, 0.6) is 0 Å². The van der Waals surface area contributed by atoms with Crippen molar-refractivity contribution in [2.75, 3.05) is 26.2 Å². The molecule has 2 heteroatoms. The maximum atomic E-state index is 3.43. The molecule has 82 valence electrons. The van der Waals surface area contributed by atoms with Crippen molar-refractivity contribution in [3.05, 3.63) is 0 Å². The van der Waals surface area contributed by atoms with Gasteiger partial charge in [0, 0.05) is 32.2 Å². The third-order valence-corrected chi connectivity index (χ3v) is 3.91. The molecule has 0 aromatic carbocycles. The van der Waals surface area contributed by atoms with Crippen molar-refractivity contribution in [1.82, 2.24) is 10.2 Å². The highest BCUT2D eigenvalue weighted by Crippen LogP contribution is 2.43. The molecule has 1 saturated heterocycles. The average Bonchev–Trinajstić information content (AvgIpc) is 2.41. The molecule has 0 bridgehead atoms. The zero-order valence-electron chi connectivity index (χ0n) is 9.84. The minimum Gasteiger partial charge on any atom is -0.314 e. The van der Waals surface area contributed by atoms with Gasteiger partial charge in [-0.15, -0.1) is 0 Å². The predicted octanol–water partition coefficient (Wildman–Crippen LogP) is 1.72. The SMILES string of the molecule is CC1CC(C)(C)CC1N1CCNCC1. The zero-order chi connectivity index (χ0) is 10.2. The van der Waals surface area contributed by atoms with E-state index in [9.17, 15) is 0 Å². The van der Waals surface area contributed by atoms with Gasteiger partial charge in [0.15, 0.2) is 0 Å². The molecule has 2 atom stereocenters. The first-order valence-corrected chi connectivity index (χ1v) is 6.03. The van der Waals surface area contributed by atoms with E-state index in [-0.39, 0.29) is 0 Å². The summed E-state index contributed by atoms with van der Waals surface area (Å²) in [4.78, 5) is 2.70. The lowest BCUT2D eigenvalue weighted by Gasteiger charge is -2.35. The van der Waals surface area contributed by atoms with Crippen molar-refractivity contribution < 1.29 is 0 Å². The van der Waals surface area contributed by atoms with Gasteiger partial charge < -0.3 is 5.32 Å². The lowest BCUT2D eigenvalue weighted by Crippen LogP contribution is -2.49. The Hall–Kier alpha value is -0.0800. The first-order chi connectivity index (χ1) is 6.58. The molecule has 1 saturated carbocycles. The molecule has 2 aliphatic rings. The van der Waals surface area contributed by atoms with Crippen LogP contribution in [-0.4, -0.2) is 37.1 Å². The normalized spacial score (nSPS) is 38.8. The second kappa shape index (κ2) is 3.82. The lowest BCUT2D eigenvalue weighted by atomic mass is 9.91. The van der Waals surface area contributed by atoms with E-state index in [1.807, 2.05) is 0 Å². The minimum absolute atomic E-state index is 0.578. The van der Waals surface area contributed by atoms with Gasteiger partial charge in [0.05, 0.1) is 0 Å². The summed E-state index contributed by atoms with van der Waals surface area (Å²) < 4.78 is 0. The highest BCUT2D eigenvalue weighted by Gasteiger charge is 2.39. The topological polar surface area (TPSA) is 15.3 Å². The van der Waals surface area contributed by atoms with Crippen LogP contribution in [0.1, 0.15) is 33.6 Å². The summed E-state index contributed by atoms with van der Waals surface area (Å²) in [6.45, 7) is 12.2. The average molecular weight is 196 g/mol. The van der Waals surface area contributed by atoms with Crippen LogP contribution in [0, 0.1) is 11.3 Å². The Morgan fingerprint density at radius 2 is 1.79 bits per heavy atom. The first kappa shape index (κ1) is 10.4. The van der Waals surface area contributed by atoms with Gasteiger partial charge in [0.1, 0.15) is 0 Å². The van der Waals surface area contributed by atoms with Crippen molar-refractivity contribution in [3.63, 3.8) is 0 Å². The number of rotatable bonds is 1. The van der Waals surface area contributed by atoms with Gasteiger partial charge in [0.25, 0.3) is 0 Å². The number of nitrogens with one attached hydrogen (secondary N) is 1. The lowest BCUT2D eigenvalue weighted by molar-refractivity contribution is 0.143. The van der Waals surface area contributed by atoms with Crippen molar-refractivity contribution in [2.24, 2.45) is 11.3 Å². The maximum Gasteiger partial charge on any atom is 0.0127 e. The minimum atomic E-state index is 0.578. The van der Waals surface area contributed by atoms with Crippen molar-refractivity contribution in [2.45, 2.75) is 39.7 Å². The van der Waals surface area contributed by atoms with Crippen molar-refractivity contribution in [1.29, 1.82) is 0 Å². The smallest absolute Gasteiger partial charge is 0.0127 e. The van der Waals surface area contributed by atoms with Crippen LogP contribution in [0.2, 0.25) is 0 Å². The first-order valence-electron chi connectivity index (χ1n) is 6.03. The number of piperazine rings is 1. The van der Waals surface area contributed by atoms with Crippen LogP contribution in [-0.2, 0) is 0 Å². The van der Waals surface area contributed by atoms with E-state index >= 15 is 0 Å². The maximum absolute atomic E-state index is 3.43. The Balaban J connectivity index is 1.97. The Morgan fingerprint density at radius 1 is 1.14 bits per heavy atom. The third kappa shape index (κ3) is 2.12. The van der Waals surface area contributed by atoms with E-state index < -0.39 is 0 Å². The van der Waals surface area contributed by atoms with Crippen molar-refractivity contribution in [3.8, 4) is 0 Å². The fourth-order valence-electron chi connectivity index (χ4n) is 3.36. The van der Waals surface area contributed by atoms with Crippen molar-refractivity contribution >= 4 is 0 Å². The predicted molar refractivity (Wildman–Crippen MR) is 60.4 cm³/mol. The van der Waals surface area contributed by atoms with E-state index in [2.05, 4.69) is 31.0 Å². The molecule has 0 aromatic rings. The van der Waals surface area contributed by atoms with Gasteiger partial charge in [-0.05, 0) is 24.2 Å². The number of hydrogen-bond donors (Lipinski definition) is 1. The Morgan fingerprint density at radius 3 is 2.29 bits per heavy atom. The van der Waals surface area contributed by atoms with Gasteiger partial charge in [-0.2, -0.15) is 0 Å². The fraction of sp³-hybridized carbons (Fsp3) is 1.00. The van der Waals surface area contributed by atoms with Crippen LogP contribution < -0.4 is 5.32 Å². The standard InChI is InChI=1S/C12H24N2/c1-10-8-12(2,3)9-11(10)14-6-4-13-5-7-14/h10-11,13H,4-9H2,1-3H3. The molecule has 2 fully saturated rings. The molecule has 0 amide bonds. The summed E-state index contributed by atoms with van der Waals surface area (Å²) in [5.74, 6) is 0.892. The molecule has 2 nitrogen and oxygen atoms in total. The van der Waals surface area contributed by atoms with E-state index in [1.165, 1.54) is 39.0 Å². The Bertz CT molecular complexity index is 194. The third-order valence-electron chi connectivity index (χ3n) is 3.91. The van der Waals surface area contributed by atoms with Gasteiger partial charge in [-0.3, -0.25) is 4.90 Å². The largest absolute Gasteiger partial charge is 0.314 e. The molecule has 1 aliphatic carbocycles. The molecule has 2 unspecified atom stereocenters. The molecule has 2 rings (SSSR count). The summed E-state index contributed by atoms with van der Waals surface area (Å²) in [6, 6.07) is 0.854. The monoisotopic (exact) mass is 196 g/mol. The van der Waals surface area contributed by atoms with Gasteiger partial charge in [0.2, 0.25) is 0 Å². The summed E-state index contributed by atoms with van der Waals surface area (Å²) in [5.41, 5.74) is 0.578. The second-order valence-electron chi connectivity index (χ2n) is 5.90. The molecule has 1 N–H and O–H groups in total. The number of nitrogens with zero attached hydrogens (tertiary/aromatic N) is 1. The van der Waals surface area contributed by atoms with Crippen LogP contribution in [0.4, 0.5) is 0 Å². The van der Waals surface area contributed by atoms with Gasteiger partial charge in [-0.1, -0.05) is 20.8 Å². The number of hydrogen-bond acceptors (Lipinski definition) is 2. The molecule has 0 aromatic heterocycles. The van der Waals surface area contributed by atoms with Gasteiger partial charge >= 0.3 is 0 Å². The zero-order valence-corrected chi connectivity index (χ0v) is 9.84. The summed E-state index contributed by atoms with van der Waals surface area (Å²) >= 11 is 0. The molecule has 1 aliphatic heterocycles.